The molecule has 0 aliphatic carbocycles. The molecule has 23 heavy (non-hydrogen) atoms. The molecular weight excluding hydrogens is 302 g/mol. The Balaban J connectivity index is 2.10. The summed E-state index contributed by atoms with van der Waals surface area (Å²) in [6, 6.07) is 8.75. The maximum Gasteiger partial charge on any atom is 0.355 e. The first kappa shape index (κ1) is 16.5. The molecule has 0 amide bonds. The van der Waals surface area contributed by atoms with Crippen LogP contribution in [0.15, 0.2) is 30.3 Å². The SMILES string of the molecule is CCC(Oc1ccccc1)C(=O)Oc1nc(OC)nc(OC)n1. The lowest BCUT2D eigenvalue weighted by molar-refractivity contribution is -0.143. The number of rotatable bonds is 7. The van der Waals surface area contributed by atoms with Gasteiger partial charge in [-0.05, 0) is 18.6 Å². The van der Waals surface area contributed by atoms with E-state index in [2.05, 4.69) is 15.0 Å². The number of para-hydroxylation sites is 1. The van der Waals surface area contributed by atoms with Gasteiger partial charge in [-0.15, -0.1) is 15.0 Å². The van der Waals surface area contributed by atoms with Crippen molar-refractivity contribution >= 4 is 5.97 Å². The summed E-state index contributed by atoms with van der Waals surface area (Å²) in [7, 11) is 2.77. The third kappa shape index (κ3) is 4.53. The second-order valence-electron chi connectivity index (χ2n) is 4.34. The maximum absolute atomic E-state index is 12.2. The molecule has 1 atom stereocenters. The lowest BCUT2D eigenvalue weighted by atomic mass is 10.2. The highest BCUT2D eigenvalue weighted by Gasteiger charge is 2.23. The molecule has 0 radical (unpaired) electrons. The summed E-state index contributed by atoms with van der Waals surface area (Å²) in [6.45, 7) is 1.81. The van der Waals surface area contributed by atoms with Gasteiger partial charge in [0, 0.05) is 0 Å². The number of carbonyl (C=O) groups is 1. The van der Waals surface area contributed by atoms with Crippen molar-refractivity contribution in [3.05, 3.63) is 30.3 Å². The standard InChI is InChI=1S/C15H17N3O5/c1-4-11(22-10-8-6-5-7-9-10)12(19)23-15-17-13(20-2)16-14(18-15)21-3/h5-9,11H,4H2,1-3H3. The number of esters is 1. The molecule has 0 saturated heterocycles. The summed E-state index contributed by atoms with van der Waals surface area (Å²) in [4.78, 5) is 23.7. The Kier molecular flexibility index (Phi) is 5.67. The van der Waals surface area contributed by atoms with E-state index in [0.717, 1.165) is 0 Å². The van der Waals surface area contributed by atoms with E-state index < -0.39 is 12.1 Å². The van der Waals surface area contributed by atoms with Crippen molar-refractivity contribution in [2.24, 2.45) is 0 Å². The molecule has 0 aliphatic heterocycles. The van der Waals surface area contributed by atoms with Gasteiger partial charge in [0.05, 0.1) is 14.2 Å². The van der Waals surface area contributed by atoms with Gasteiger partial charge >= 0.3 is 24.0 Å². The largest absolute Gasteiger partial charge is 0.479 e. The minimum Gasteiger partial charge on any atom is -0.479 e. The Bertz CT molecular complexity index is 629. The number of aromatic nitrogens is 3. The van der Waals surface area contributed by atoms with Crippen LogP contribution in [0, 0.1) is 0 Å². The summed E-state index contributed by atoms with van der Waals surface area (Å²) >= 11 is 0. The van der Waals surface area contributed by atoms with Crippen molar-refractivity contribution in [3.63, 3.8) is 0 Å². The van der Waals surface area contributed by atoms with Crippen LogP contribution in [0.25, 0.3) is 0 Å². The monoisotopic (exact) mass is 319 g/mol. The van der Waals surface area contributed by atoms with E-state index in [1.165, 1.54) is 14.2 Å². The molecule has 0 fully saturated rings. The van der Waals surface area contributed by atoms with Gasteiger partial charge in [-0.3, -0.25) is 0 Å². The van der Waals surface area contributed by atoms with Crippen molar-refractivity contribution in [2.75, 3.05) is 14.2 Å². The highest BCUT2D eigenvalue weighted by atomic mass is 16.6. The first-order valence-corrected chi connectivity index (χ1v) is 6.93. The highest BCUT2D eigenvalue weighted by molar-refractivity contribution is 5.76. The van der Waals surface area contributed by atoms with Crippen molar-refractivity contribution in [3.8, 4) is 23.8 Å². The number of carbonyl (C=O) groups excluding carboxylic acids is 1. The van der Waals surface area contributed by atoms with E-state index in [4.69, 9.17) is 18.9 Å². The quantitative estimate of drug-likeness (QED) is 0.711. The van der Waals surface area contributed by atoms with Crippen molar-refractivity contribution in [1.29, 1.82) is 0 Å². The zero-order chi connectivity index (χ0) is 16.7. The molecule has 8 nitrogen and oxygen atoms in total. The van der Waals surface area contributed by atoms with E-state index in [-0.39, 0.29) is 18.0 Å². The van der Waals surface area contributed by atoms with E-state index in [1.54, 1.807) is 12.1 Å². The average Bonchev–Trinajstić information content (AvgIpc) is 2.59. The molecule has 122 valence electrons. The number of hydrogen-bond acceptors (Lipinski definition) is 8. The predicted molar refractivity (Wildman–Crippen MR) is 79.7 cm³/mol. The third-order valence-corrected chi connectivity index (χ3v) is 2.79. The number of benzene rings is 1. The zero-order valence-corrected chi connectivity index (χ0v) is 13.1. The first-order chi connectivity index (χ1) is 11.2. The van der Waals surface area contributed by atoms with Crippen LogP contribution in [0.2, 0.25) is 0 Å². The molecule has 0 bridgehead atoms. The molecule has 1 aromatic carbocycles. The molecule has 8 heteroatoms. The summed E-state index contributed by atoms with van der Waals surface area (Å²) in [5, 5.41) is 0. The van der Waals surface area contributed by atoms with Crippen molar-refractivity contribution in [1.82, 2.24) is 15.0 Å². The number of ether oxygens (including phenoxy) is 4. The molecule has 0 aliphatic rings. The topological polar surface area (TPSA) is 92.7 Å². The van der Waals surface area contributed by atoms with E-state index in [9.17, 15) is 4.79 Å². The summed E-state index contributed by atoms with van der Waals surface area (Å²) in [6.07, 6.45) is -0.362. The lowest BCUT2D eigenvalue weighted by Gasteiger charge is -2.15. The molecule has 0 saturated carbocycles. The molecule has 2 aromatic rings. The van der Waals surface area contributed by atoms with E-state index >= 15 is 0 Å². The van der Waals surface area contributed by atoms with E-state index in [0.29, 0.717) is 12.2 Å². The van der Waals surface area contributed by atoms with Gasteiger partial charge in [-0.1, -0.05) is 25.1 Å². The predicted octanol–water partition coefficient (Wildman–Crippen LogP) is 1.65. The summed E-state index contributed by atoms with van der Waals surface area (Å²) < 4.78 is 20.5. The minimum atomic E-state index is -0.786. The van der Waals surface area contributed by atoms with Crippen LogP contribution in [0.5, 0.6) is 23.8 Å². The Morgan fingerprint density at radius 1 is 1.00 bits per heavy atom. The molecule has 1 unspecified atom stereocenters. The first-order valence-electron chi connectivity index (χ1n) is 6.93. The van der Waals surface area contributed by atoms with Crippen LogP contribution >= 0.6 is 0 Å². The van der Waals surface area contributed by atoms with Crippen LogP contribution < -0.4 is 18.9 Å². The third-order valence-electron chi connectivity index (χ3n) is 2.79. The van der Waals surface area contributed by atoms with E-state index in [1.807, 2.05) is 25.1 Å². The van der Waals surface area contributed by atoms with Crippen LogP contribution in [0.4, 0.5) is 0 Å². The lowest BCUT2D eigenvalue weighted by Crippen LogP contribution is -2.31. The van der Waals surface area contributed by atoms with Gasteiger partial charge in [-0.2, -0.15) is 0 Å². The fourth-order valence-electron chi connectivity index (χ4n) is 1.67. The number of methoxy groups -OCH3 is 2. The van der Waals surface area contributed by atoms with Crippen LogP contribution in [-0.4, -0.2) is 41.2 Å². The van der Waals surface area contributed by atoms with Crippen molar-refractivity contribution < 1.29 is 23.7 Å². The second-order valence-corrected chi connectivity index (χ2v) is 4.34. The van der Waals surface area contributed by atoms with Gasteiger partial charge in [-0.25, -0.2) is 4.79 Å². The van der Waals surface area contributed by atoms with Crippen LogP contribution in [0.1, 0.15) is 13.3 Å². The number of nitrogens with zero attached hydrogens (tertiary/aromatic N) is 3. The molecule has 0 spiro atoms. The Morgan fingerprint density at radius 3 is 2.09 bits per heavy atom. The molecule has 1 aromatic heterocycles. The normalized spacial score (nSPS) is 11.4. The molecule has 1 heterocycles. The zero-order valence-electron chi connectivity index (χ0n) is 13.1. The smallest absolute Gasteiger partial charge is 0.355 e. The fraction of sp³-hybridized carbons (Fsp3) is 0.333. The summed E-state index contributed by atoms with van der Waals surface area (Å²) in [5.41, 5.74) is 0. The Hall–Kier alpha value is -2.90. The van der Waals surface area contributed by atoms with Gasteiger partial charge in [0.2, 0.25) is 0 Å². The minimum absolute atomic E-state index is 0.0170. The highest BCUT2D eigenvalue weighted by Crippen LogP contribution is 2.17. The average molecular weight is 319 g/mol. The second kappa shape index (κ2) is 7.92. The van der Waals surface area contributed by atoms with Crippen molar-refractivity contribution in [2.45, 2.75) is 19.4 Å². The Morgan fingerprint density at radius 2 is 1.57 bits per heavy atom. The van der Waals surface area contributed by atoms with Crippen LogP contribution in [0.3, 0.4) is 0 Å². The Labute approximate surface area is 133 Å². The van der Waals surface area contributed by atoms with Gasteiger partial charge < -0.3 is 18.9 Å². The number of hydrogen-bond donors (Lipinski definition) is 0. The van der Waals surface area contributed by atoms with Gasteiger partial charge in [0.1, 0.15) is 5.75 Å². The van der Waals surface area contributed by atoms with Crippen LogP contribution in [-0.2, 0) is 4.79 Å². The fourth-order valence-corrected chi connectivity index (χ4v) is 1.67. The van der Waals surface area contributed by atoms with Gasteiger partial charge in [0.25, 0.3) is 0 Å². The van der Waals surface area contributed by atoms with Gasteiger partial charge in [0.15, 0.2) is 6.10 Å². The summed E-state index contributed by atoms with van der Waals surface area (Å²) in [5.74, 6) is -0.0474. The maximum atomic E-state index is 12.2. The molecule has 0 N–H and O–H groups in total. The molecule has 2 rings (SSSR count). The molecular formula is C15H17N3O5.